The molecule has 0 bridgehead atoms. The maximum Gasteiger partial charge on any atom is 0.224 e. The molecule has 2 N–H and O–H groups in total. The van der Waals surface area contributed by atoms with Crippen LogP contribution in [0.4, 0.5) is 0 Å². The Morgan fingerprint density at radius 3 is 2.72 bits per heavy atom. The highest BCUT2D eigenvalue weighted by molar-refractivity contribution is 5.78. The van der Waals surface area contributed by atoms with Gasteiger partial charge in [0.25, 0.3) is 0 Å². The summed E-state index contributed by atoms with van der Waals surface area (Å²) in [5.74, 6) is 0.177. The van der Waals surface area contributed by atoms with Crippen molar-refractivity contribution in [3.05, 3.63) is 30.1 Å². The van der Waals surface area contributed by atoms with Crippen molar-refractivity contribution in [1.29, 1.82) is 0 Å². The smallest absolute Gasteiger partial charge is 0.224 e. The zero-order chi connectivity index (χ0) is 13.4. The molecule has 0 aliphatic heterocycles. The number of hydrogen-bond donors (Lipinski definition) is 2. The highest BCUT2D eigenvalue weighted by Gasteiger charge is 2.16. The Bertz CT molecular complexity index is 350. The number of nitrogens with zero attached hydrogens (tertiary/aromatic N) is 1. The van der Waals surface area contributed by atoms with Crippen molar-refractivity contribution in [2.24, 2.45) is 5.92 Å². The Morgan fingerprint density at radius 2 is 2.17 bits per heavy atom. The fraction of sp³-hybridized carbons (Fsp3) is 0.571. The fourth-order valence-electron chi connectivity index (χ4n) is 1.97. The standard InChI is InChI=1S/C14H22N2O2/c1-3-12(4-2)13(17)10-16-14(18)8-11-6-5-7-15-9-11/h5-7,9,12-13,17H,3-4,8,10H2,1-2H3,(H,16,18). The Hall–Kier alpha value is -1.42. The van der Waals surface area contributed by atoms with Crippen molar-refractivity contribution in [1.82, 2.24) is 10.3 Å². The lowest BCUT2D eigenvalue weighted by molar-refractivity contribution is -0.121. The van der Waals surface area contributed by atoms with Crippen LogP contribution in [0.5, 0.6) is 0 Å². The van der Waals surface area contributed by atoms with E-state index in [2.05, 4.69) is 24.1 Å². The van der Waals surface area contributed by atoms with E-state index in [1.807, 2.05) is 12.1 Å². The van der Waals surface area contributed by atoms with E-state index in [1.54, 1.807) is 12.4 Å². The lowest BCUT2D eigenvalue weighted by atomic mass is 9.96. The predicted octanol–water partition coefficient (Wildman–Crippen LogP) is 1.54. The number of aliphatic hydroxyl groups excluding tert-OH is 1. The van der Waals surface area contributed by atoms with Crippen molar-refractivity contribution in [3.63, 3.8) is 0 Å². The number of carbonyl (C=O) groups is 1. The number of aliphatic hydroxyl groups is 1. The minimum atomic E-state index is -0.460. The highest BCUT2D eigenvalue weighted by Crippen LogP contribution is 2.12. The minimum absolute atomic E-state index is 0.0759. The van der Waals surface area contributed by atoms with E-state index in [0.29, 0.717) is 13.0 Å². The predicted molar refractivity (Wildman–Crippen MR) is 71.0 cm³/mol. The van der Waals surface area contributed by atoms with E-state index in [4.69, 9.17) is 0 Å². The summed E-state index contributed by atoms with van der Waals surface area (Å²) in [5, 5.41) is 12.7. The molecule has 1 atom stereocenters. The van der Waals surface area contributed by atoms with Crippen LogP contribution in [-0.4, -0.2) is 28.6 Å². The summed E-state index contributed by atoms with van der Waals surface area (Å²) < 4.78 is 0. The number of aromatic nitrogens is 1. The Labute approximate surface area is 108 Å². The van der Waals surface area contributed by atoms with E-state index < -0.39 is 6.10 Å². The molecular formula is C14H22N2O2. The van der Waals surface area contributed by atoms with Gasteiger partial charge in [0.05, 0.1) is 12.5 Å². The number of nitrogens with one attached hydrogen (secondary N) is 1. The average molecular weight is 250 g/mol. The van der Waals surface area contributed by atoms with Gasteiger partial charge < -0.3 is 10.4 Å². The molecule has 4 nitrogen and oxygen atoms in total. The molecule has 0 aliphatic carbocycles. The number of amides is 1. The van der Waals surface area contributed by atoms with Crippen LogP contribution in [0.3, 0.4) is 0 Å². The first-order chi connectivity index (χ1) is 8.67. The van der Waals surface area contributed by atoms with Crippen LogP contribution in [-0.2, 0) is 11.2 Å². The largest absolute Gasteiger partial charge is 0.391 e. The fourth-order valence-corrected chi connectivity index (χ4v) is 1.97. The molecule has 18 heavy (non-hydrogen) atoms. The molecule has 100 valence electrons. The molecule has 0 saturated heterocycles. The first kappa shape index (κ1) is 14.6. The number of pyridine rings is 1. The summed E-state index contributed by atoms with van der Waals surface area (Å²) >= 11 is 0. The van der Waals surface area contributed by atoms with Gasteiger partial charge >= 0.3 is 0 Å². The van der Waals surface area contributed by atoms with Crippen molar-refractivity contribution in [3.8, 4) is 0 Å². The molecule has 1 amide bonds. The summed E-state index contributed by atoms with van der Waals surface area (Å²) in [4.78, 5) is 15.6. The van der Waals surface area contributed by atoms with Gasteiger partial charge in [-0.25, -0.2) is 0 Å². The highest BCUT2D eigenvalue weighted by atomic mass is 16.3. The lowest BCUT2D eigenvalue weighted by Crippen LogP contribution is -2.36. The number of carbonyl (C=O) groups excluding carboxylic acids is 1. The first-order valence-corrected chi connectivity index (χ1v) is 6.51. The van der Waals surface area contributed by atoms with Gasteiger partial charge in [-0.15, -0.1) is 0 Å². The first-order valence-electron chi connectivity index (χ1n) is 6.51. The van der Waals surface area contributed by atoms with Crippen LogP contribution >= 0.6 is 0 Å². The van der Waals surface area contributed by atoms with Gasteiger partial charge in [0.1, 0.15) is 0 Å². The van der Waals surface area contributed by atoms with E-state index in [9.17, 15) is 9.90 Å². The second kappa shape index (κ2) is 7.82. The van der Waals surface area contributed by atoms with Crippen LogP contribution in [0, 0.1) is 5.92 Å². The van der Waals surface area contributed by atoms with Crippen LogP contribution in [0.25, 0.3) is 0 Å². The Balaban J connectivity index is 2.33. The minimum Gasteiger partial charge on any atom is -0.391 e. The summed E-state index contributed by atoms with van der Waals surface area (Å²) in [6.07, 6.45) is 5.06. The molecule has 0 aliphatic rings. The van der Waals surface area contributed by atoms with Gasteiger partial charge in [0, 0.05) is 18.9 Å². The van der Waals surface area contributed by atoms with Crippen LogP contribution < -0.4 is 5.32 Å². The quantitative estimate of drug-likeness (QED) is 0.771. The SMILES string of the molecule is CCC(CC)C(O)CNC(=O)Cc1cccnc1. The van der Waals surface area contributed by atoms with Crippen molar-refractivity contribution in [2.75, 3.05) is 6.54 Å². The summed E-state index contributed by atoms with van der Waals surface area (Å²) in [6, 6.07) is 3.67. The zero-order valence-corrected chi connectivity index (χ0v) is 11.1. The zero-order valence-electron chi connectivity index (χ0n) is 11.1. The molecule has 0 radical (unpaired) electrons. The molecule has 0 aromatic carbocycles. The Morgan fingerprint density at radius 1 is 1.44 bits per heavy atom. The van der Waals surface area contributed by atoms with E-state index in [0.717, 1.165) is 18.4 Å². The molecule has 0 spiro atoms. The number of rotatable bonds is 7. The van der Waals surface area contributed by atoms with E-state index >= 15 is 0 Å². The molecule has 1 aromatic rings. The average Bonchev–Trinajstić information content (AvgIpc) is 2.39. The number of hydrogen-bond acceptors (Lipinski definition) is 3. The van der Waals surface area contributed by atoms with Gasteiger partial charge in [-0.3, -0.25) is 9.78 Å². The van der Waals surface area contributed by atoms with Crippen molar-refractivity contribution < 1.29 is 9.90 Å². The maximum atomic E-state index is 11.7. The topological polar surface area (TPSA) is 62.2 Å². The van der Waals surface area contributed by atoms with Crippen LogP contribution in [0.1, 0.15) is 32.3 Å². The summed E-state index contributed by atoms with van der Waals surface area (Å²) in [6.45, 7) is 4.43. The van der Waals surface area contributed by atoms with E-state index in [-0.39, 0.29) is 11.8 Å². The molecule has 4 heteroatoms. The molecule has 1 unspecified atom stereocenters. The maximum absolute atomic E-state index is 11.7. The monoisotopic (exact) mass is 250 g/mol. The van der Waals surface area contributed by atoms with Gasteiger partial charge in [-0.1, -0.05) is 32.8 Å². The lowest BCUT2D eigenvalue weighted by Gasteiger charge is -2.20. The summed E-state index contributed by atoms with van der Waals surface area (Å²) in [5.41, 5.74) is 0.882. The third-order valence-electron chi connectivity index (χ3n) is 3.19. The van der Waals surface area contributed by atoms with Gasteiger partial charge in [-0.05, 0) is 17.5 Å². The van der Waals surface area contributed by atoms with Crippen molar-refractivity contribution >= 4 is 5.91 Å². The van der Waals surface area contributed by atoms with E-state index in [1.165, 1.54) is 0 Å². The third-order valence-corrected chi connectivity index (χ3v) is 3.19. The second-order valence-corrected chi connectivity index (χ2v) is 4.49. The van der Waals surface area contributed by atoms with Crippen LogP contribution in [0.2, 0.25) is 0 Å². The Kier molecular flexibility index (Phi) is 6.36. The molecular weight excluding hydrogens is 228 g/mol. The normalized spacial score (nSPS) is 12.4. The molecule has 0 fully saturated rings. The molecule has 1 aromatic heterocycles. The van der Waals surface area contributed by atoms with Gasteiger partial charge in [-0.2, -0.15) is 0 Å². The van der Waals surface area contributed by atoms with Crippen LogP contribution in [0.15, 0.2) is 24.5 Å². The summed E-state index contributed by atoms with van der Waals surface area (Å²) in [7, 11) is 0. The third kappa shape index (κ3) is 4.84. The molecule has 1 rings (SSSR count). The second-order valence-electron chi connectivity index (χ2n) is 4.49. The van der Waals surface area contributed by atoms with Crippen molar-refractivity contribution in [2.45, 2.75) is 39.2 Å². The molecule has 0 saturated carbocycles. The van der Waals surface area contributed by atoms with Gasteiger partial charge in [0.2, 0.25) is 5.91 Å². The van der Waals surface area contributed by atoms with Gasteiger partial charge in [0.15, 0.2) is 0 Å². The molecule has 1 heterocycles.